The molecular formula is C21H25FN2O4S. The number of benzene rings is 2. The van der Waals surface area contributed by atoms with E-state index >= 15 is 0 Å². The van der Waals surface area contributed by atoms with Gasteiger partial charge < -0.3 is 10.5 Å². The summed E-state index contributed by atoms with van der Waals surface area (Å²) in [5.74, 6) is -0.223. The number of carbonyl (C=O) groups excluding carboxylic acids is 1. The van der Waals surface area contributed by atoms with Gasteiger partial charge in [-0.15, -0.1) is 0 Å². The van der Waals surface area contributed by atoms with Crippen LogP contribution < -0.4 is 10.5 Å². The molecule has 0 unspecified atom stereocenters. The molecule has 1 amide bonds. The Morgan fingerprint density at radius 1 is 1.17 bits per heavy atom. The number of para-hydroxylation sites is 1. The molecule has 2 aromatic carbocycles. The zero-order chi connectivity index (χ0) is 21.1. The molecule has 29 heavy (non-hydrogen) atoms. The first-order valence-electron chi connectivity index (χ1n) is 9.44. The summed E-state index contributed by atoms with van der Waals surface area (Å²) in [7, 11) is -3.75. The summed E-state index contributed by atoms with van der Waals surface area (Å²) >= 11 is 0. The van der Waals surface area contributed by atoms with Gasteiger partial charge in [-0.1, -0.05) is 18.2 Å². The number of piperidine rings is 1. The normalized spacial score (nSPS) is 17.0. The number of carbonyl (C=O) groups is 1. The molecule has 2 aromatic rings. The van der Waals surface area contributed by atoms with E-state index in [0.717, 1.165) is 6.07 Å². The Hall–Kier alpha value is -2.45. The van der Waals surface area contributed by atoms with Gasteiger partial charge in [0.15, 0.2) is 0 Å². The van der Waals surface area contributed by atoms with E-state index in [4.69, 9.17) is 10.5 Å². The molecule has 0 saturated carbocycles. The SMILES string of the molecule is Cc1cc(F)ccc1S(=O)(=O)N1CCC(COc2ccccc2)(CC(N)=O)CC1. The minimum Gasteiger partial charge on any atom is -0.493 e. The molecule has 0 bridgehead atoms. The molecule has 1 saturated heterocycles. The number of halogens is 1. The van der Waals surface area contributed by atoms with Gasteiger partial charge in [-0.25, -0.2) is 12.8 Å². The molecule has 1 heterocycles. The molecule has 6 nitrogen and oxygen atoms in total. The van der Waals surface area contributed by atoms with Crippen molar-refractivity contribution in [1.29, 1.82) is 0 Å². The van der Waals surface area contributed by atoms with E-state index in [0.29, 0.717) is 24.2 Å². The molecule has 0 spiro atoms. The Labute approximate surface area is 170 Å². The van der Waals surface area contributed by atoms with Crippen LogP contribution in [0, 0.1) is 18.2 Å². The van der Waals surface area contributed by atoms with Crippen molar-refractivity contribution >= 4 is 15.9 Å². The van der Waals surface area contributed by atoms with Crippen molar-refractivity contribution in [2.75, 3.05) is 19.7 Å². The maximum atomic E-state index is 13.4. The minimum atomic E-state index is -3.75. The largest absolute Gasteiger partial charge is 0.493 e. The number of amides is 1. The Balaban J connectivity index is 1.74. The van der Waals surface area contributed by atoms with Gasteiger partial charge >= 0.3 is 0 Å². The summed E-state index contributed by atoms with van der Waals surface area (Å²) in [4.78, 5) is 11.8. The molecular weight excluding hydrogens is 395 g/mol. The highest BCUT2D eigenvalue weighted by Gasteiger charge is 2.40. The molecule has 0 atom stereocenters. The molecule has 1 aliphatic heterocycles. The molecule has 2 N–H and O–H groups in total. The van der Waals surface area contributed by atoms with E-state index in [-0.39, 0.29) is 31.0 Å². The lowest BCUT2D eigenvalue weighted by molar-refractivity contribution is -0.121. The molecule has 0 aliphatic carbocycles. The zero-order valence-electron chi connectivity index (χ0n) is 16.3. The van der Waals surface area contributed by atoms with Crippen LogP contribution in [-0.4, -0.2) is 38.3 Å². The molecule has 8 heteroatoms. The van der Waals surface area contributed by atoms with Crippen molar-refractivity contribution in [3.05, 3.63) is 59.9 Å². The number of hydrogen-bond acceptors (Lipinski definition) is 4. The van der Waals surface area contributed by atoms with E-state index in [1.807, 2.05) is 30.3 Å². The summed E-state index contributed by atoms with van der Waals surface area (Å²) < 4.78 is 46.6. The standard InChI is InChI=1S/C21H25FN2O4S/c1-16-13-17(22)7-8-19(16)29(26,27)24-11-9-21(10-12-24,14-20(23)25)15-28-18-5-3-2-4-6-18/h2-8,13H,9-12,14-15H2,1H3,(H2,23,25). The number of nitrogens with zero attached hydrogens (tertiary/aromatic N) is 1. The monoisotopic (exact) mass is 420 g/mol. The quantitative estimate of drug-likeness (QED) is 0.746. The first kappa shape index (κ1) is 21.3. The van der Waals surface area contributed by atoms with E-state index in [9.17, 15) is 17.6 Å². The molecule has 156 valence electrons. The van der Waals surface area contributed by atoms with Crippen molar-refractivity contribution in [3.63, 3.8) is 0 Å². The third-order valence-electron chi connectivity index (χ3n) is 5.38. The Kier molecular flexibility index (Phi) is 6.24. The van der Waals surface area contributed by atoms with Crippen LogP contribution in [0.5, 0.6) is 5.75 Å². The highest BCUT2D eigenvalue weighted by atomic mass is 32.2. The first-order valence-corrected chi connectivity index (χ1v) is 10.9. The smallest absolute Gasteiger partial charge is 0.243 e. The van der Waals surface area contributed by atoms with Crippen LogP contribution in [-0.2, 0) is 14.8 Å². The average molecular weight is 421 g/mol. The van der Waals surface area contributed by atoms with Gasteiger partial charge in [0.1, 0.15) is 11.6 Å². The molecule has 1 fully saturated rings. The molecule has 0 radical (unpaired) electrons. The van der Waals surface area contributed by atoms with Gasteiger partial charge in [0, 0.05) is 24.9 Å². The fraction of sp³-hybridized carbons (Fsp3) is 0.381. The highest BCUT2D eigenvalue weighted by Crippen LogP contribution is 2.37. The van der Waals surface area contributed by atoms with Crippen molar-refractivity contribution in [1.82, 2.24) is 4.31 Å². The van der Waals surface area contributed by atoms with Gasteiger partial charge in [-0.2, -0.15) is 4.31 Å². The number of hydrogen-bond donors (Lipinski definition) is 1. The Bertz CT molecular complexity index is 971. The highest BCUT2D eigenvalue weighted by molar-refractivity contribution is 7.89. The van der Waals surface area contributed by atoms with Crippen LogP contribution in [0.4, 0.5) is 4.39 Å². The molecule has 3 rings (SSSR count). The number of aryl methyl sites for hydroxylation is 1. The number of sulfonamides is 1. The van der Waals surface area contributed by atoms with Gasteiger partial charge in [0.05, 0.1) is 11.5 Å². The third kappa shape index (κ3) is 4.94. The number of nitrogens with two attached hydrogens (primary N) is 1. The summed E-state index contributed by atoms with van der Waals surface area (Å²) in [5, 5.41) is 0. The van der Waals surface area contributed by atoms with Crippen molar-refractivity contribution in [2.45, 2.75) is 31.1 Å². The van der Waals surface area contributed by atoms with Gasteiger partial charge in [-0.3, -0.25) is 4.79 Å². The van der Waals surface area contributed by atoms with Crippen LogP contribution in [0.2, 0.25) is 0 Å². The molecule has 0 aromatic heterocycles. The van der Waals surface area contributed by atoms with Crippen molar-refractivity contribution in [3.8, 4) is 5.75 Å². The number of rotatable bonds is 7. The Morgan fingerprint density at radius 3 is 2.41 bits per heavy atom. The van der Waals surface area contributed by atoms with Crippen LogP contribution in [0.15, 0.2) is 53.4 Å². The first-order chi connectivity index (χ1) is 13.7. The maximum absolute atomic E-state index is 13.4. The van der Waals surface area contributed by atoms with E-state index in [1.165, 1.54) is 16.4 Å². The zero-order valence-corrected chi connectivity index (χ0v) is 17.1. The fourth-order valence-corrected chi connectivity index (χ4v) is 5.38. The molecule has 1 aliphatic rings. The summed E-state index contributed by atoms with van der Waals surface area (Å²) in [6.45, 7) is 2.34. The second-order valence-electron chi connectivity index (χ2n) is 7.56. The van der Waals surface area contributed by atoms with Crippen LogP contribution in [0.25, 0.3) is 0 Å². The topological polar surface area (TPSA) is 89.7 Å². The number of ether oxygens (including phenoxy) is 1. The predicted octanol–water partition coefficient (Wildman–Crippen LogP) is 2.86. The lowest BCUT2D eigenvalue weighted by Gasteiger charge is -2.40. The third-order valence-corrected chi connectivity index (χ3v) is 7.43. The van der Waals surface area contributed by atoms with Crippen LogP contribution in [0.3, 0.4) is 0 Å². The lowest BCUT2D eigenvalue weighted by atomic mass is 9.76. The Morgan fingerprint density at radius 2 is 1.83 bits per heavy atom. The van der Waals surface area contributed by atoms with Crippen LogP contribution in [0.1, 0.15) is 24.8 Å². The number of primary amides is 1. The second-order valence-corrected chi connectivity index (χ2v) is 9.47. The average Bonchev–Trinajstić information content (AvgIpc) is 2.67. The summed E-state index contributed by atoms with van der Waals surface area (Å²) in [5.41, 5.74) is 5.31. The van der Waals surface area contributed by atoms with Gasteiger partial charge in [-0.05, 0) is 55.7 Å². The van der Waals surface area contributed by atoms with Crippen molar-refractivity contribution in [2.24, 2.45) is 11.1 Å². The maximum Gasteiger partial charge on any atom is 0.243 e. The summed E-state index contributed by atoms with van der Waals surface area (Å²) in [6, 6.07) is 12.9. The fourth-order valence-electron chi connectivity index (χ4n) is 3.74. The van der Waals surface area contributed by atoms with Gasteiger partial charge in [0.2, 0.25) is 15.9 Å². The van der Waals surface area contributed by atoms with E-state index < -0.39 is 27.2 Å². The van der Waals surface area contributed by atoms with Gasteiger partial charge in [0.25, 0.3) is 0 Å². The van der Waals surface area contributed by atoms with Crippen molar-refractivity contribution < 1.29 is 22.3 Å². The predicted molar refractivity (Wildman–Crippen MR) is 107 cm³/mol. The minimum absolute atomic E-state index is 0.0989. The van der Waals surface area contributed by atoms with Crippen LogP contribution >= 0.6 is 0 Å². The van der Waals surface area contributed by atoms with E-state index in [1.54, 1.807) is 6.92 Å². The lowest BCUT2D eigenvalue weighted by Crippen LogP contribution is -2.47. The van der Waals surface area contributed by atoms with E-state index in [2.05, 4.69) is 0 Å². The second kappa shape index (κ2) is 8.51. The summed E-state index contributed by atoms with van der Waals surface area (Å²) in [6.07, 6.45) is 1.02.